The number of nitrogens with one attached hydrogen (secondary N) is 1. The summed E-state index contributed by atoms with van der Waals surface area (Å²) in [5.74, 6) is 2.60. The van der Waals surface area contributed by atoms with Crippen molar-refractivity contribution < 1.29 is 5.11 Å². The van der Waals surface area contributed by atoms with Gasteiger partial charge in [0.1, 0.15) is 11.6 Å². The van der Waals surface area contributed by atoms with E-state index in [0.717, 1.165) is 30.2 Å². The van der Waals surface area contributed by atoms with Crippen LogP contribution in [0.25, 0.3) is 11.4 Å². The Morgan fingerprint density at radius 2 is 2.17 bits per heavy atom. The first kappa shape index (κ1) is 15.3. The molecule has 5 heteroatoms. The lowest BCUT2D eigenvalue weighted by molar-refractivity contribution is 0.110. The highest BCUT2D eigenvalue weighted by molar-refractivity contribution is 5.58. The normalized spacial score (nSPS) is 27.6. The number of aromatic nitrogens is 3. The third-order valence-corrected chi connectivity index (χ3v) is 5.33. The number of allylic oxidation sites excluding steroid dienone is 2. The summed E-state index contributed by atoms with van der Waals surface area (Å²) >= 11 is 0. The number of nitrogens with zero attached hydrogens (tertiary/aromatic N) is 3. The number of hydrogen-bond donors (Lipinski definition) is 2. The van der Waals surface area contributed by atoms with Gasteiger partial charge in [0, 0.05) is 24.2 Å². The van der Waals surface area contributed by atoms with Gasteiger partial charge in [0.2, 0.25) is 0 Å². The van der Waals surface area contributed by atoms with Crippen LogP contribution < -0.4 is 5.32 Å². The Kier molecular flexibility index (Phi) is 3.81. The van der Waals surface area contributed by atoms with Crippen molar-refractivity contribution in [3.8, 4) is 11.4 Å². The van der Waals surface area contributed by atoms with Gasteiger partial charge in [-0.15, -0.1) is 0 Å². The Labute approximate surface area is 141 Å². The zero-order valence-corrected chi connectivity index (χ0v) is 13.8. The van der Waals surface area contributed by atoms with Crippen molar-refractivity contribution in [2.24, 2.45) is 17.3 Å². The van der Waals surface area contributed by atoms with E-state index in [4.69, 9.17) is 0 Å². The second kappa shape index (κ2) is 5.98. The number of rotatable bonds is 5. The third kappa shape index (κ3) is 2.69. The van der Waals surface area contributed by atoms with E-state index in [1.54, 1.807) is 6.20 Å². The molecular formula is C19H22N4O. The Hall–Kier alpha value is -2.27. The van der Waals surface area contributed by atoms with Crippen LogP contribution >= 0.6 is 0 Å². The summed E-state index contributed by atoms with van der Waals surface area (Å²) in [5, 5.41) is 13.4. The minimum absolute atomic E-state index is 0.0660. The summed E-state index contributed by atoms with van der Waals surface area (Å²) in [6.07, 6.45) is 8.56. The Morgan fingerprint density at radius 1 is 1.25 bits per heavy atom. The predicted octanol–water partition coefficient (Wildman–Crippen LogP) is 2.83. The summed E-state index contributed by atoms with van der Waals surface area (Å²) in [4.78, 5) is 13.3. The standard InChI is InChI=1S/C19H22N4O/c1-13-22-17(16-4-2-3-7-20-16)9-18(23-13)21-11-19(12-24)10-14-5-6-15(19)8-14/h2-7,9,14-15,24H,8,10-12H2,1H3,(H,21,22,23). The predicted molar refractivity (Wildman–Crippen MR) is 93.4 cm³/mol. The molecule has 2 N–H and O–H groups in total. The van der Waals surface area contributed by atoms with Gasteiger partial charge in [0.05, 0.1) is 18.0 Å². The van der Waals surface area contributed by atoms with Crippen LogP contribution in [0.4, 0.5) is 5.82 Å². The Morgan fingerprint density at radius 3 is 2.83 bits per heavy atom. The first-order valence-electron chi connectivity index (χ1n) is 8.49. The van der Waals surface area contributed by atoms with Crippen LogP contribution in [-0.4, -0.2) is 33.2 Å². The fraction of sp³-hybridized carbons (Fsp3) is 0.421. The Bertz CT molecular complexity index is 761. The molecule has 2 bridgehead atoms. The van der Waals surface area contributed by atoms with Crippen LogP contribution in [0.3, 0.4) is 0 Å². The van der Waals surface area contributed by atoms with Crippen molar-refractivity contribution in [3.05, 3.63) is 48.4 Å². The van der Waals surface area contributed by atoms with E-state index in [9.17, 15) is 5.11 Å². The van der Waals surface area contributed by atoms with Crippen molar-refractivity contribution in [2.75, 3.05) is 18.5 Å². The fourth-order valence-electron chi connectivity index (χ4n) is 4.06. The number of pyridine rings is 1. The smallest absolute Gasteiger partial charge is 0.130 e. The summed E-state index contributed by atoms with van der Waals surface area (Å²) in [6, 6.07) is 7.73. The molecule has 2 aromatic heterocycles. The van der Waals surface area contributed by atoms with E-state index in [2.05, 4.69) is 32.4 Å². The molecule has 24 heavy (non-hydrogen) atoms. The van der Waals surface area contributed by atoms with Gasteiger partial charge in [-0.1, -0.05) is 18.2 Å². The molecule has 2 aliphatic rings. The number of aliphatic hydroxyl groups is 1. The highest BCUT2D eigenvalue weighted by atomic mass is 16.3. The van der Waals surface area contributed by atoms with Gasteiger partial charge in [0.15, 0.2) is 0 Å². The van der Waals surface area contributed by atoms with Crippen LogP contribution in [0.15, 0.2) is 42.6 Å². The van der Waals surface area contributed by atoms with Crippen LogP contribution in [0, 0.1) is 24.2 Å². The lowest BCUT2D eigenvalue weighted by atomic mass is 9.76. The summed E-state index contributed by atoms with van der Waals surface area (Å²) in [6.45, 7) is 2.83. The van der Waals surface area contributed by atoms with Crippen LogP contribution in [0.2, 0.25) is 0 Å². The molecule has 0 amide bonds. The molecule has 2 aromatic rings. The molecule has 3 atom stereocenters. The quantitative estimate of drug-likeness (QED) is 0.828. The highest BCUT2D eigenvalue weighted by Crippen LogP contribution is 2.51. The summed E-state index contributed by atoms with van der Waals surface area (Å²) in [7, 11) is 0. The minimum Gasteiger partial charge on any atom is -0.396 e. The van der Waals surface area contributed by atoms with Gasteiger partial charge in [-0.25, -0.2) is 9.97 Å². The maximum absolute atomic E-state index is 9.99. The van der Waals surface area contributed by atoms with Crippen molar-refractivity contribution >= 4 is 5.82 Å². The molecule has 2 aliphatic carbocycles. The zero-order valence-electron chi connectivity index (χ0n) is 13.8. The molecular weight excluding hydrogens is 300 g/mol. The topological polar surface area (TPSA) is 70.9 Å². The lowest BCUT2D eigenvalue weighted by Gasteiger charge is -2.34. The number of aryl methyl sites for hydroxylation is 1. The second-order valence-corrected chi connectivity index (χ2v) is 6.97. The van der Waals surface area contributed by atoms with E-state index in [-0.39, 0.29) is 12.0 Å². The van der Waals surface area contributed by atoms with Crippen molar-refractivity contribution in [1.29, 1.82) is 0 Å². The van der Waals surface area contributed by atoms with Crippen molar-refractivity contribution in [2.45, 2.75) is 19.8 Å². The van der Waals surface area contributed by atoms with Gasteiger partial charge in [-0.2, -0.15) is 0 Å². The third-order valence-electron chi connectivity index (χ3n) is 5.33. The summed E-state index contributed by atoms with van der Waals surface area (Å²) < 4.78 is 0. The van der Waals surface area contributed by atoms with Gasteiger partial charge in [0.25, 0.3) is 0 Å². The van der Waals surface area contributed by atoms with E-state index >= 15 is 0 Å². The number of anilines is 1. The highest BCUT2D eigenvalue weighted by Gasteiger charge is 2.47. The molecule has 5 nitrogen and oxygen atoms in total. The monoisotopic (exact) mass is 322 g/mol. The molecule has 0 aliphatic heterocycles. The van der Waals surface area contributed by atoms with Crippen molar-refractivity contribution in [1.82, 2.24) is 15.0 Å². The fourth-order valence-corrected chi connectivity index (χ4v) is 4.06. The number of fused-ring (bicyclic) bond motifs is 2. The van der Waals surface area contributed by atoms with Crippen LogP contribution in [0.1, 0.15) is 18.7 Å². The van der Waals surface area contributed by atoms with E-state index < -0.39 is 0 Å². The van der Waals surface area contributed by atoms with Gasteiger partial charge in [-0.3, -0.25) is 4.98 Å². The zero-order chi connectivity index (χ0) is 16.6. The molecule has 124 valence electrons. The lowest BCUT2D eigenvalue weighted by Crippen LogP contribution is -2.37. The molecule has 0 saturated heterocycles. The molecule has 2 heterocycles. The van der Waals surface area contributed by atoms with E-state index in [1.165, 1.54) is 6.42 Å². The maximum atomic E-state index is 9.99. The van der Waals surface area contributed by atoms with Gasteiger partial charge >= 0.3 is 0 Å². The van der Waals surface area contributed by atoms with Gasteiger partial charge in [-0.05, 0) is 43.7 Å². The largest absolute Gasteiger partial charge is 0.396 e. The molecule has 1 fully saturated rings. The minimum atomic E-state index is -0.0660. The number of hydrogen-bond acceptors (Lipinski definition) is 5. The number of aliphatic hydroxyl groups excluding tert-OH is 1. The summed E-state index contributed by atoms with van der Waals surface area (Å²) in [5.41, 5.74) is 1.59. The maximum Gasteiger partial charge on any atom is 0.130 e. The van der Waals surface area contributed by atoms with Gasteiger partial charge < -0.3 is 10.4 Å². The average Bonchev–Trinajstić information content (AvgIpc) is 3.22. The molecule has 0 spiro atoms. The first-order chi connectivity index (χ1) is 11.7. The van der Waals surface area contributed by atoms with E-state index in [1.807, 2.05) is 31.2 Å². The SMILES string of the molecule is Cc1nc(NCC2(CO)CC3C=CC2C3)cc(-c2ccccn2)n1. The van der Waals surface area contributed by atoms with Crippen LogP contribution in [-0.2, 0) is 0 Å². The first-order valence-corrected chi connectivity index (χ1v) is 8.49. The van der Waals surface area contributed by atoms with E-state index in [0.29, 0.717) is 17.7 Å². The second-order valence-electron chi connectivity index (χ2n) is 6.97. The molecule has 1 saturated carbocycles. The average molecular weight is 322 g/mol. The molecule has 3 unspecified atom stereocenters. The molecule has 0 radical (unpaired) electrons. The van der Waals surface area contributed by atoms with Crippen LogP contribution in [0.5, 0.6) is 0 Å². The van der Waals surface area contributed by atoms with Crippen molar-refractivity contribution in [3.63, 3.8) is 0 Å². The Balaban J connectivity index is 1.55. The molecule has 4 rings (SSSR count). The molecule has 0 aromatic carbocycles.